The zero-order valence-electron chi connectivity index (χ0n) is 10.7. The van der Waals surface area contributed by atoms with Gasteiger partial charge in [-0.1, -0.05) is 31.4 Å². The largest absolute Gasteiger partial charge is 0.381 e. The topological polar surface area (TPSA) is 30.9 Å². The van der Waals surface area contributed by atoms with Crippen molar-refractivity contribution >= 4 is 5.69 Å². The molecule has 0 heterocycles. The third-order valence-corrected chi connectivity index (χ3v) is 2.25. The quantitative estimate of drug-likeness (QED) is 0.382. The molecule has 0 spiro atoms. The first kappa shape index (κ1) is 14.1. The molecule has 1 aromatic carbocycles. The summed E-state index contributed by atoms with van der Waals surface area (Å²) < 4.78 is 5.35. The van der Waals surface area contributed by atoms with Gasteiger partial charge in [0.15, 0.2) is 0 Å². The Balaban J connectivity index is 2.83. The van der Waals surface area contributed by atoms with E-state index in [9.17, 15) is 0 Å². The minimum atomic E-state index is 0.656. The van der Waals surface area contributed by atoms with Gasteiger partial charge < -0.3 is 14.4 Å². The van der Waals surface area contributed by atoms with Crippen LogP contribution in [0.2, 0.25) is 0 Å². The van der Waals surface area contributed by atoms with Gasteiger partial charge in [0.25, 0.3) is 0 Å². The number of rotatable bonds is 9. The van der Waals surface area contributed by atoms with Crippen molar-refractivity contribution in [2.24, 2.45) is 0 Å². The lowest BCUT2D eigenvalue weighted by molar-refractivity contribution is 0.00197. The molecule has 4 heteroatoms. The molecule has 0 saturated carbocycles. The van der Waals surface area contributed by atoms with E-state index in [-0.39, 0.29) is 0 Å². The van der Waals surface area contributed by atoms with Gasteiger partial charge >= 0.3 is 0 Å². The van der Waals surface area contributed by atoms with Crippen LogP contribution in [0.3, 0.4) is 0 Å². The summed E-state index contributed by atoms with van der Waals surface area (Å²) in [6.45, 7) is 10.4. The lowest BCUT2D eigenvalue weighted by Gasteiger charge is -2.21. The van der Waals surface area contributed by atoms with Gasteiger partial charge in [-0.25, -0.2) is 0 Å². The van der Waals surface area contributed by atoms with Crippen LogP contribution in [0.15, 0.2) is 49.9 Å². The Morgan fingerprint density at radius 2 is 1.83 bits per heavy atom. The summed E-state index contributed by atoms with van der Waals surface area (Å²) in [5.74, 6) is 0. The summed E-state index contributed by atoms with van der Waals surface area (Å²) in [7, 11) is 0. The van der Waals surface area contributed by atoms with Gasteiger partial charge in [0.1, 0.15) is 18.2 Å². The second-order valence-electron chi connectivity index (χ2n) is 3.38. The monoisotopic (exact) mass is 249 g/mol. The molecule has 0 N–H and O–H groups in total. The van der Waals surface area contributed by atoms with Gasteiger partial charge in [0.05, 0.1) is 6.61 Å². The van der Waals surface area contributed by atoms with Crippen LogP contribution in [-0.2, 0) is 20.8 Å². The fraction of sp³-hybridized carbons (Fsp3) is 0.286. The number of para-hydroxylation sites is 1. The maximum absolute atomic E-state index is 5.35. The maximum atomic E-state index is 5.35. The van der Waals surface area contributed by atoms with Crippen molar-refractivity contribution in [2.75, 3.05) is 18.4 Å². The van der Waals surface area contributed by atoms with Gasteiger partial charge in [-0.3, -0.25) is 0 Å². The molecule has 0 aromatic heterocycles. The van der Waals surface area contributed by atoms with Crippen molar-refractivity contribution in [2.45, 2.75) is 13.3 Å². The van der Waals surface area contributed by atoms with E-state index in [4.69, 9.17) is 14.4 Å². The van der Waals surface area contributed by atoms with Crippen LogP contribution in [0.1, 0.15) is 12.5 Å². The highest BCUT2D eigenvalue weighted by atomic mass is 16.9. The smallest absolute Gasteiger partial charge is 0.121 e. The molecule has 0 unspecified atom stereocenters. The molecule has 0 aliphatic carbocycles. The molecule has 0 radical (unpaired) electrons. The van der Waals surface area contributed by atoms with Crippen LogP contribution in [0.4, 0.5) is 5.69 Å². The molecular formula is C14H19NO3. The molecule has 0 fully saturated rings. The standard InChI is InChI=1S/C14H19NO3/c1-4-16-12-11-13-9-7-8-10-14(13)15(17-5-2)18-6-3/h5-10H,2-4,11-12H2,1H3. The minimum Gasteiger partial charge on any atom is -0.381 e. The van der Waals surface area contributed by atoms with Crippen LogP contribution in [0, 0.1) is 0 Å². The summed E-state index contributed by atoms with van der Waals surface area (Å²) in [4.78, 5) is 10.4. The Hall–Kier alpha value is -1.94. The Bertz CT molecular complexity index is 369. The summed E-state index contributed by atoms with van der Waals surface area (Å²) >= 11 is 0. The highest BCUT2D eigenvalue weighted by Gasteiger charge is 2.11. The van der Waals surface area contributed by atoms with Gasteiger partial charge in [-0.2, -0.15) is 0 Å². The van der Waals surface area contributed by atoms with Crippen LogP contribution < -0.4 is 5.23 Å². The third kappa shape index (κ3) is 4.14. The zero-order chi connectivity index (χ0) is 13.2. The normalized spacial score (nSPS) is 9.61. The van der Waals surface area contributed by atoms with Crippen molar-refractivity contribution in [3.63, 3.8) is 0 Å². The van der Waals surface area contributed by atoms with Crippen molar-refractivity contribution in [1.29, 1.82) is 0 Å². The molecule has 18 heavy (non-hydrogen) atoms. The molecule has 0 bridgehead atoms. The van der Waals surface area contributed by atoms with Gasteiger partial charge in [0.2, 0.25) is 0 Å². The number of hydrogen-bond acceptors (Lipinski definition) is 4. The van der Waals surface area contributed by atoms with Gasteiger partial charge in [0, 0.05) is 6.61 Å². The van der Waals surface area contributed by atoms with Crippen molar-refractivity contribution in [3.8, 4) is 0 Å². The predicted molar refractivity (Wildman–Crippen MR) is 71.7 cm³/mol. The van der Waals surface area contributed by atoms with E-state index in [1.807, 2.05) is 31.2 Å². The average molecular weight is 249 g/mol. The molecule has 0 atom stereocenters. The highest BCUT2D eigenvalue weighted by molar-refractivity contribution is 5.50. The first-order chi connectivity index (χ1) is 8.83. The summed E-state index contributed by atoms with van der Waals surface area (Å²) in [5, 5.41) is 1.27. The fourth-order valence-electron chi connectivity index (χ4n) is 1.50. The first-order valence-electron chi connectivity index (χ1n) is 5.84. The van der Waals surface area contributed by atoms with Crippen LogP contribution in [-0.4, -0.2) is 13.2 Å². The Kier molecular flexibility index (Phi) is 6.43. The highest BCUT2D eigenvalue weighted by Crippen LogP contribution is 2.22. The van der Waals surface area contributed by atoms with E-state index < -0.39 is 0 Å². The van der Waals surface area contributed by atoms with Crippen molar-refractivity contribution in [1.82, 2.24) is 0 Å². The van der Waals surface area contributed by atoms with Crippen molar-refractivity contribution in [3.05, 3.63) is 55.5 Å². The molecule has 4 nitrogen and oxygen atoms in total. The van der Waals surface area contributed by atoms with E-state index in [0.717, 1.165) is 17.7 Å². The van der Waals surface area contributed by atoms with E-state index in [1.54, 1.807) is 0 Å². The molecule has 1 rings (SSSR count). The Morgan fingerprint density at radius 3 is 2.44 bits per heavy atom. The third-order valence-electron chi connectivity index (χ3n) is 2.25. The number of nitrogens with zero attached hydrogens (tertiary/aromatic N) is 1. The Morgan fingerprint density at radius 1 is 1.17 bits per heavy atom. The summed E-state index contributed by atoms with van der Waals surface area (Å²) in [5.41, 5.74) is 1.87. The second kappa shape index (κ2) is 8.20. The molecular weight excluding hydrogens is 230 g/mol. The van der Waals surface area contributed by atoms with Crippen LogP contribution in [0.5, 0.6) is 0 Å². The van der Waals surface area contributed by atoms with Crippen LogP contribution in [0.25, 0.3) is 0 Å². The number of hydrogen-bond donors (Lipinski definition) is 0. The summed E-state index contributed by atoms with van der Waals surface area (Å²) in [6, 6.07) is 7.77. The predicted octanol–water partition coefficient (Wildman–Crippen LogP) is 3.22. The van der Waals surface area contributed by atoms with Gasteiger partial charge in [-0.05, 0) is 30.2 Å². The maximum Gasteiger partial charge on any atom is 0.121 e. The van der Waals surface area contributed by atoms with E-state index in [2.05, 4.69) is 13.2 Å². The van der Waals surface area contributed by atoms with E-state index in [0.29, 0.717) is 13.2 Å². The first-order valence-corrected chi connectivity index (χ1v) is 5.84. The lowest BCUT2D eigenvalue weighted by Crippen LogP contribution is -2.20. The fourth-order valence-corrected chi connectivity index (χ4v) is 1.50. The molecule has 98 valence electrons. The lowest BCUT2D eigenvalue weighted by atomic mass is 10.1. The molecule has 0 amide bonds. The van der Waals surface area contributed by atoms with Gasteiger partial charge in [-0.15, -0.1) is 0 Å². The summed E-state index contributed by atoms with van der Waals surface area (Å²) in [6.07, 6.45) is 3.37. The zero-order valence-corrected chi connectivity index (χ0v) is 10.7. The second-order valence-corrected chi connectivity index (χ2v) is 3.38. The number of anilines is 1. The molecule has 0 aliphatic rings. The van der Waals surface area contributed by atoms with E-state index >= 15 is 0 Å². The van der Waals surface area contributed by atoms with E-state index in [1.165, 1.54) is 17.8 Å². The van der Waals surface area contributed by atoms with Crippen LogP contribution >= 0.6 is 0 Å². The molecule has 0 aliphatic heterocycles. The SMILES string of the molecule is C=CON(OC=C)c1ccccc1CCOCC. The molecule has 0 saturated heterocycles. The number of benzene rings is 1. The average Bonchev–Trinajstić information content (AvgIpc) is 2.39. The number of ether oxygens (including phenoxy) is 1. The van der Waals surface area contributed by atoms with Crippen molar-refractivity contribution < 1.29 is 14.4 Å². The molecule has 1 aromatic rings. The minimum absolute atomic E-state index is 0.656. The Labute approximate surface area is 108 Å².